The van der Waals surface area contributed by atoms with Gasteiger partial charge in [0, 0.05) is 33.3 Å². The third kappa shape index (κ3) is 5.49. The molecule has 0 radical (unpaired) electrons. The zero-order valence-electron chi connectivity index (χ0n) is 31.0. The fourth-order valence-electron chi connectivity index (χ4n) is 8.77. The molecule has 0 unspecified atom stereocenters. The van der Waals surface area contributed by atoms with E-state index in [0.29, 0.717) is 0 Å². The van der Waals surface area contributed by atoms with Gasteiger partial charge in [-0.2, -0.15) is 0 Å². The normalized spacial score (nSPS) is 13.0. The van der Waals surface area contributed by atoms with E-state index in [1.54, 1.807) is 0 Å². The number of benzene rings is 9. The molecule has 0 aliphatic carbocycles. The van der Waals surface area contributed by atoms with Crippen LogP contribution in [-0.4, -0.2) is 0 Å². The molecule has 0 amide bonds. The van der Waals surface area contributed by atoms with Gasteiger partial charge in [-0.15, -0.1) is 0 Å². The predicted molar refractivity (Wildman–Crippen MR) is 234 cm³/mol. The summed E-state index contributed by atoms with van der Waals surface area (Å²) in [4.78, 5) is 5.01. The first-order chi connectivity index (χ1) is 27.1. The molecule has 0 N–H and O–H groups in total. The average molecular weight is 705 g/mol. The van der Waals surface area contributed by atoms with Crippen molar-refractivity contribution in [3.63, 3.8) is 0 Å². The van der Waals surface area contributed by atoms with E-state index in [0.717, 1.165) is 17.1 Å². The lowest BCUT2D eigenvalue weighted by Gasteiger charge is -2.45. The van der Waals surface area contributed by atoms with Crippen LogP contribution in [0.4, 0.5) is 34.1 Å². The molecule has 0 saturated carbocycles. The Morgan fingerprint density at radius 1 is 0.418 bits per heavy atom. The van der Waals surface area contributed by atoms with E-state index in [1.165, 1.54) is 72.0 Å². The Kier molecular flexibility index (Phi) is 7.85. The molecule has 0 saturated heterocycles. The van der Waals surface area contributed by atoms with Gasteiger partial charge in [-0.3, -0.25) is 0 Å². The van der Waals surface area contributed by atoms with E-state index in [4.69, 9.17) is 0 Å². The molecule has 1 aliphatic rings. The summed E-state index contributed by atoms with van der Waals surface area (Å²) in [5.41, 5.74) is 14.0. The second-order valence-electron chi connectivity index (χ2n) is 15.0. The van der Waals surface area contributed by atoms with Crippen LogP contribution in [0.2, 0.25) is 0 Å². The number of rotatable bonds is 6. The van der Waals surface area contributed by atoms with Gasteiger partial charge in [-0.05, 0) is 80.9 Å². The van der Waals surface area contributed by atoms with Crippen molar-refractivity contribution < 1.29 is 0 Å². The smallest absolute Gasteiger partial charge is 0.0618 e. The molecule has 262 valence electrons. The minimum atomic E-state index is -0.338. The third-order valence-corrected chi connectivity index (χ3v) is 11.4. The van der Waals surface area contributed by atoms with Crippen molar-refractivity contribution in [3.8, 4) is 22.3 Å². The molecule has 0 bridgehead atoms. The molecule has 1 aliphatic heterocycles. The molecule has 0 aromatic heterocycles. The molecule has 0 spiro atoms. The maximum Gasteiger partial charge on any atom is 0.0618 e. The lowest BCUT2D eigenvalue weighted by atomic mass is 9.72. The number of anilines is 6. The van der Waals surface area contributed by atoms with Gasteiger partial charge in [0.25, 0.3) is 0 Å². The fourth-order valence-corrected chi connectivity index (χ4v) is 8.77. The number of fused-ring (bicyclic) bond motifs is 4. The van der Waals surface area contributed by atoms with E-state index in [9.17, 15) is 0 Å². The van der Waals surface area contributed by atoms with Gasteiger partial charge >= 0.3 is 0 Å². The number of nitrogens with zero attached hydrogens (tertiary/aromatic N) is 2. The van der Waals surface area contributed by atoms with Crippen LogP contribution >= 0.6 is 0 Å². The highest BCUT2D eigenvalue weighted by Gasteiger charge is 2.41. The van der Waals surface area contributed by atoms with Gasteiger partial charge in [-0.25, -0.2) is 0 Å². The molecule has 0 fully saturated rings. The Hall–Kier alpha value is -6.90. The first-order valence-electron chi connectivity index (χ1n) is 19.1. The Bertz CT molecular complexity index is 2840. The van der Waals surface area contributed by atoms with E-state index in [1.807, 2.05) is 0 Å². The van der Waals surface area contributed by atoms with Crippen LogP contribution in [-0.2, 0) is 5.41 Å². The zero-order valence-corrected chi connectivity index (χ0v) is 31.0. The van der Waals surface area contributed by atoms with E-state index < -0.39 is 0 Å². The maximum atomic E-state index is 2.54. The second-order valence-corrected chi connectivity index (χ2v) is 15.0. The summed E-state index contributed by atoms with van der Waals surface area (Å²) in [5.74, 6) is 0. The number of hydrogen-bond acceptors (Lipinski definition) is 2. The molecular weight excluding hydrogens is 665 g/mol. The van der Waals surface area contributed by atoms with Crippen LogP contribution in [0.25, 0.3) is 43.8 Å². The van der Waals surface area contributed by atoms with Gasteiger partial charge in [0.15, 0.2) is 0 Å². The van der Waals surface area contributed by atoms with Crippen LogP contribution in [0, 0.1) is 0 Å². The Morgan fingerprint density at radius 2 is 1.00 bits per heavy atom. The highest BCUT2D eigenvalue weighted by Crippen LogP contribution is 2.58. The van der Waals surface area contributed by atoms with Crippen molar-refractivity contribution in [2.24, 2.45) is 0 Å². The molecular formula is C53H40N2. The Balaban J connectivity index is 1.26. The third-order valence-electron chi connectivity index (χ3n) is 11.4. The molecule has 2 heteroatoms. The van der Waals surface area contributed by atoms with Gasteiger partial charge in [0.05, 0.1) is 22.7 Å². The van der Waals surface area contributed by atoms with Crippen molar-refractivity contribution in [1.82, 2.24) is 0 Å². The highest BCUT2D eigenvalue weighted by atomic mass is 15.2. The molecule has 9 aromatic carbocycles. The van der Waals surface area contributed by atoms with Gasteiger partial charge < -0.3 is 9.80 Å². The van der Waals surface area contributed by atoms with Crippen molar-refractivity contribution in [2.75, 3.05) is 9.80 Å². The molecule has 10 rings (SSSR count). The SMILES string of the molecule is CC1(C)c2ccccc2N(c2c(-c3ccccc3)ccc3ccccc23)c2cccc(N(c3ccc(-c4ccccc4)cc3)c3ccc4ccccc4c3)c21. The van der Waals surface area contributed by atoms with E-state index >= 15 is 0 Å². The largest absolute Gasteiger partial charge is 0.310 e. The molecule has 1 heterocycles. The quantitative estimate of drug-likeness (QED) is 0.170. The van der Waals surface area contributed by atoms with Gasteiger partial charge in [0.2, 0.25) is 0 Å². The standard InChI is InChI=1S/C53H40N2/c1-53(2)47-24-13-14-25-48(47)55(52-45-23-12-11-21-41(45)31-35-46(52)40-19-7-4-8-20-40)50-27-15-26-49(51(50)53)54(44-34-30-38-18-9-10-22-42(38)36-44)43-32-28-39(29-33-43)37-16-5-3-6-17-37/h3-36H,1-2H3. The second kappa shape index (κ2) is 13.2. The van der Waals surface area contributed by atoms with Crippen LogP contribution < -0.4 is 9.80 Å². The minimum absolute atomic E-state index is 0.338. The van der Waals surface area contributed by atoms with Gasteiger partial charge in [0.1, 0.15) is 0 Å². The van der Waals surface area contributed by atoms with Crippen molar-refractivity contribution in [2.45, 2.75) is 19.3 Å². The number of para-hydroxylation sites is 1. The minimum Gasteiger partial charge on any atom is -0.310 e. The summed E-state index contributed by atoms with van der Waals surface area (Å²) in [6.07, 6.45) is 0. The predicted octanol–water partition coefficient (Wildman–Crippen LogP) is 14.9. The Labute approximate surface area is 323 Å². The summed E-state index contributed by atoms with van der Waals surface area (Å²) in [6, 6.07) is 75.2. The van der Waals surface area contributed by atoms with Crippen molar-refractivity contribution >= 4 is 55.7 Å². The topological polar surface area (TPSA) is 6.48 Å². The van der Waals surface area contributed by atoms with Gasteiger partial charge in [-0.1, -0.05) is 178 Å². The van der Waals surface area contributed by atoms with Crippen LogP contribution in [0.3, 0.4) is 0 Å². The average Bonchev–Trinajstić information content (AvgIpc) is 3.24. The van der Waals surface area contributed by atoms with E-state index in [-0.39, 0.29) is 5.41 Å². The molecule has 2 nitrogen and oxygen atoms in total. The van der Waals surface area contributed by atoms with Crippen LogP contribution in [0.15, 0.2) is 206 Å². The summed E-state index contributed by atoms with van der Waals surface area (Å²) in [6.45, 7) is 4.79. The first-order valence-corrected chi connectivity index (χ1v) is 19.1. The Morgan fingerprint density at radius 3 is 1.78 bits per heavy atom. The number of hydrogen-bond donors (Lipinski definition) is 0. The lowest BCUT2D eigenvalue weighted by molar-refractivity contribution is 0.632. The van der Waals surface area contributed by atoms with Crippen LogP contribution in [0.1, 0.15) is 25.0 Å². The lowest BCUT2D eigenvalue weighted by Crippen LogP contribution is -2.32. The zero-order chi connectivity index (χ0) is 36.9. The summed E-state index contributed by atoms with van der Waals surface area (Å²) < 4.78 is 0. The summed E-state index contributed by atoms with van der Waals surface area (Å²) in [7, 11) is 0. The maximum absolute atomic E-state index is 2.54. The summed E-state index contributed by atoms with van der Waals surface area (Å²) in [5, 5.41) is 4.88. The highest BCUT2D eigenvalue weighted by molar-refractivity contribution is 6.08. The first kappa shape index (κ1) is 32.7. The summed E-state index contributed by atoms with van der Waals surface area (Å²) >= 11 is 0. The fraction of sp³-hybridized carbons (Fsp3) is 0.0566. The van der Waals surface area contributed by atoms with Crippen molar-refractivity contribution in [1.29, 1.82) is 0 Å². The molecule has 9 aromatic rings. The van der Waals surface area contributed by atoms with E-state index in [2.05, 4.69) is 230 Å². The monoisotopic (exact) mass is 704 g/mol. The molecule has 55 heavy (non-hydrogen) atoms. The van der Waals surface area contributed by atoms with Crippen LogP contribution in [0.5, 0.6) is 0 Å². The van der Waals surface area contributed by atoms with Crippen molar-refractivity contribution in [3.05, 3.63) is 217 Å². The molecule has 0 atom stereocenters.